The summed E-state index contributed by atoms with van der Waals surface area (Å²) in [5.41, 5.74) is 2.67. The van der Waals surface area contributed by atoms with Gasteiger partial charge in [-0.1, -0.05) is 24.3 Å². The Hall–Kier alpha value is -2.41. The molecule has 0 saturated carbocycles. The summed E-state index contributed by atoms with van der Waals surface area (Å²) in [6.07, 6.45) is 4.78. The Balaban J connectivity index is 1.69. The Morgan fingerprint density at radius 1 is 1.30 bits per heavy atom. The van der Waals surface area contributed by atoms with E-state index in [1.165, 1.54) is 0 Å². The molecule has 7 heteroatoms. The number of carbonyl (C=O) groups excluding carboxylic acids is 1. The molecule has 0 bridgehead atoms. The third kappa shape index (κ3) is 3.50. The van der Waals surface area contributed by atoms with Gasteiger partial charge >= 0.3 is 0 Å². The van der Waals surface area contributed by atoms with Gasteiger partial charge in [-0.2, -0.15) is 0 Å². The van der Waals surface area contributed by atoms with E-state index in [2.05, 4.69) is 9.71 Å². The normalized spacial score (nSPS) is 18.7. The zero-order valence-corrected chi connectivity index (χ0v) is 13.5. The fourth-order valence-electron chi connectivity index (χ4n) is 2.42. The third-order valence-electron chi connectivity index (χ3n) is 3.79. The number of amides is 1. The predicted octanol–water partition coefficient (Wildman–Crippen LogP) is 1.11. The largest absolute Gasteiger partial charge is 0.348 e. The maximum atomic E-state index is 12.3. The molecule has 1 aromatic carbocycles. The van der Waals surface area contributed by atoms with Crippen LogP contribution in [0.4, 0.5) is 0 Å². The van der Waals surface area contributed by atoms with Gasteiger partial charge in [0.05, 0.1) is 11.3 Å². The van der Waals surface area contributed by atoms with Gasteiger partial charge in [0.2, 0.25) is 0 Å². The number of aryl methyl sites for hydroxylation is 1. The van der Waals surface area contributed by atoms with E-state index in [0.717, 1.165) is 11.1 Å². The van der Waals surface area contributed by atoms with E-state index in [1.807, 2.05) is 31.2 Å². The molecule has 2 aliphatic rings. The fourth-order valence-corrected chi connectivity index (χ4v) is 3.39. The minimum absolute atomic E-state index is 0.0427. The lowest BCUT2D eigenvalue weighted by atomic mass is 10.1. The van der Waals surface area contributed by atoms with Crippen LogP contribution in [0.1, 0.15) is 11.1 Å². The van der Waals surface area contributed by atoms with Crippen molar-refractivity contribution in [1.29, 1.82) is 0 Å². The number of nitrogens with one attached hydrogen (secondary N) is 1. The number of sulfonamides is 1. The summed E-state index contributed by atoms with van der Waals surface area (Å²) in [6, 6.07) is 7.86. The standard InChI is InChI=1S/C16H17N3O3S/c1-12-4-2-3-5-13(12)10-17-16(20)14-6-7-15-18-23(21,22)9-8-19(15)11-14/h2-7,11H,8-10H2,1H3,(H,17,20). The van der Waals surface area contributed by atoms with Crippen molar-refractivity contribution in [2.24, 2.45) is 4.40 Å². The number of rotatable bonds is 3. The van der Waals surface area contributed by atoms with Crippen LogP contribution in [0.3, 0.4) is 0 Å². The van der Waals surface area contributed by atoms with Crippen molar-refractivity contribution < 1.29 is 13.2 Å². The molecule has 0 radical (unpaired) electrons. The Morgan fingerprint density at radius 2 is 2.09 bits per heavy atom. The second kappa shape index (κ2) is 6.00. The smallest absolute Gasteiger partial charge is 0.256 e. The van der Waals surface area contributed by atoms with Gasteiger partial charge in [0.25, 0.3) is 15.9 Å². The molecular weight excluding hydrogens is 314 g/mol. The van der Waals surface area contributed by atoms with Crippen molar-refractivity contribution in [1.82, 2.24) is 10.2 Å². The summed E-state index contributed by atoms with van der Waals surface area (Å²) in [6.45, 7) is 2.75. The summed E-state index contributed by atoms with van der Waals surface area (Å²) in [5, 5.41) is 2.88. The zero-order valence-electron chi connectivity index (χ0n) is 12.7. The van der Waals surface area contributed by atoms with Gasteiger partial charge in [-0.15, -0.1) is 4.40 Å². The van der Waals surface area contributed by atoms with Crippen LogP contribution < -0.4 is 5.32 Å². The molecule has 0 aliphatic carbocycles. The van der Waals surface area contributed by atoms with Crippen LogP contribution in [0.25, 0.3) is 0 Å². The molecule has 120 valence electrons. The Labute approximate surface area is 135 Å². The highest BCUT2D eigenvalue weighted by molar-refractivity contribution is 7.90. The molecule has 23 heavy (non-hydrogen) atoms. The summed E-state index contributed by atoms with van der Waals surface area (Å²) in [7, 11) is -3.38. The Bertz CT molecular complexity index is 838. The Morgan fingerprint density at radius 3 is 2.87 bits per heavy atom. The molecular formula is C16H17N3O3S. The van der Waals surface area contributed by atoms with Crippen LogP contribution in [0.5, 0.6) is 0 Å². The molecule has 2 aliphatic heterocycles. The third-order valence-corrected chi connectivity index (χ3v) is 4.95. The highest BCUT2D eigenvalue weighted by Crippen LogP contribution is 2.16. The molecule has 0 spiro atoms. The average Bonchev–Trinajstić information content (AvgIpc) is 2.52. The molecule has 6 nitrogen and oxygen atoms in total. The molecule has 0 saturated heterocycles. The number of carbonyl (C=O) groups is 1. The first kappa shape index (κ1) is 15.5. The van der Waals surface area contributed by atoms with E-state index >= 15 is 0 Å². The SMILES string of the molecule is Cc1ccccc1CNC(=O)C1=CN2CCS(=O)(=O)N=C2C=C1. The molecule has 1 amide bonds. The van der Waals surface area contributed by atoms with Gasteiger partial charge in [-0.3, -0.25) is 4.79 Å². The minimum atomic E-state index is -3.38. The van der Waals surface area contributed by atoms with Gasteiger partial charge in [0.1, 0.15) is 5.84 Å². The van der Waals surface area contributed by atoms with E-state index in [1.54, 1.807) is 23.3 Å². The molecule has 1 aromatic rings. The monoisotopic (exact) mass is 331 g/mol. The van der Waals surface area contributed by atoms with Gasteiger partial charge in [-0.25, -0.2) is 8.42 Å². The molecule has 2 heterocycles. The first-order valence-electron chi connectivity index (χ1n) is 7.26. The molecule has 0 atom stereocenters. The van der Waals surface area contributed by atoms with Crippen LogP contribution in [0.2, 0.25) is 0 Å². The molecule has 0 unspecified atom stereocenters. The molecule has 1 N–H and O–H groups in total. The minimum Gasteiger partial charge on any atom is -0.348 e. The van der Waals surface area contributed by atoms with Crippen molar-refractivity contribution >= 4 is 21.8 Å². The van der Waals surface area contributed by atoms with Crippen LogP contribution in [0.15, 0.2) is 52.6 Å². The second-order valence-electron chi connectivity index (χ2n) is 5.46. The fraction of sp³-hybridized carbons (Fsp3) is 0.250. The lowest BCUT2D eigenvalue weighted by Crippen LogP contribution is -2.38. The number of fused-ring (bicyclic) bond motifs is 1. The highest BCUT2D eigenvalue weighted by Gasteiger charge is 2.24. The molecule has 0 fully saturated rings. The van der Waals surface area contributed by atoms with Crippen LogP contribution >= 0.6 is 0 Å². The summed E-state index contributed by atoms with van der Waals surface area (Å²) < 4.78 is 26.6. The maximum Gasteiger partial charge on any atom is 0.256 e. The summed E-state index contributed by atoms with van der Waals surface area (Å²) in [4.78, 5) is 14.0. The Kier molecular flexibility index (Phi) is 4.04. The lowest BCUT2D eigenvalue weighted by Gasteiger charge is -2.27. The number of amidine groups is 1. The molecule has 0 aromatic heterocycles. The number of hydrogen-bond acceptors (Lipinski definition) is 4. The van der Waals surface area contributed by atoms with Crippen molar-refractivity contribution in [2.75, 3.05) is 12.3 Å². The first-order valence-corrected chi connectivity index (χ1v) is 8.87. The number of nitrogens with zero attached hydrogens (tertiary/aromatic N) is 2. The van der Waals surface area contributed by atoms with Gasteiger partial charge in [-0.05, 0) is 30.2 Å². The zero-order chi connectivity index (χ0) is 16.4. The van der Waals surface area contributed by atoms with E-state index < -0.39 is 10.0 Å². The maximum absolute atomic E-state index is 12.3. The number of hydrogen-bond donors (Lipinski definition) is 1. The highest BCUT2D eigenvalue weighted by atomic mass is 32.2. The van der Waals surface area contributed by atoms with E-state index in [9.17, 15) is 13.2 Å². The van der Waals surface area contributed by atoms with E-state index in [4.69, 9.17) is 0 Å². The topological polar surface area (TPSA) is 78.8 Å². The van der Waals surface area contributed by atoms with Crippen LogP contribution in [-0.2, 0) is 21.4 Å². The second-order valence-corrected chi connectivity index (χ2v) is 7.21. The lowest BCUT2D eigenvalue weighted by molar-refractivity contribution is -0.117. The summed E-state index contributed by atoms with van der Waals surface area (Å²) >= 11 is 0. The van der Waals surface area contributed by atoms with Crippen LogP contribution in [-0.4, -0.2) is 37.4 Å². The van der Waals surface area contributed by atoms with E-state index in [-0.39, 0.29) is 11.7 Å². The van der Waals surface area contributed by atoms with Gasteiger partial charge in [0.15, 0.2) is 0 Å². The molecule has 3 rings (SSSR count). The number of benzene rings is 1. The van der Waals surface area contributed by atoms with Crippen molar-refractivity contribution in [3.63, 3.8) is 0 Å². The quantitative estimate of drug-likeness (QED) is 0.900. The van der Waals surface area contributed by atoms with Crippen molar-refractivity contribution in [3.05, 3.63) is 59.3 Å². The first-order chi connectivity index (χ1) is 10.9. The summed E-state index contributed by atoms with van der Waals surface area (Å²) in [5.74, 6) is 0.113. The predicted molar refractivity (Wildman–Crippen MR) is 88.2 cm³/mol. The van der Waals surface area contributed by atoms with Crippen molar-refractivity contribution in [2.45, 2.75) is 13.5 Å². The van der Waals surface area contributed by atoms with Gasteiger partial charge in [0, 0.05) is 19.3 Å². The average molecular weight is 331 g/mol. The van der Waals surface area contributed by atoms with E-state index in [0.29, 0.717) is 24.5 Å². The van der Waals surface area contributed by atoms with Crippen LogP contribution in [0, 0.1) is 6.92 Å². The van der Waals surface area contributed by atoms with Crippen molar-refractivity contribution in [3.8, 4) is 0 Å². The van der Waals surface area contributed by atoms with Gasteiger partial charge < -0.3 is 10.2 Å².